The van der Waals surface area contributed by atoms with Crippen molar-refractivity contribution in [1.82, 2.24) is 4.98 Å². The molecule has 0 amide bonds. The molecule has 1 fully saturated rings. The fraction of sp³-hybridized carbons (Fsp3) is 0.583. The first-order valence-corrected chi connectivity index (χ1v) is 6.90. The molecule has 1 aromatic heterocycles. The molecule has 0 radical (unpaired) electrons. The fourth-order valence-corrected chi connectivity index (χ4v) is 2.74. The lowest BCUT2D eigenvalue weighted by molar-refractivity contribution is 0.524. The molecule has 0 unspecified atom stereocenters. The van der Waals surface area contributed by atoms with Gasteiger partial charge in [0.15, 0.2) is 0 Å². The molecule has 2 nitrogen and oxygen atoms in total. The van der Waals surface area contributed by atoms with Gasteiger partial charge in [-0.15, -0.1) is 11.6 Å². The zero-order valence-electron chi connectivity index (χ0n) is 9.39. The summed E-state index contributed by atoms with van der Waals surface area (Å²) < 4.78 is 1.03. The normalized spacial score (nSPS) is 17.2. The second kappa shape index (κ2) is 4.92. The number of nitrogens with one attached hydrogen (secondary N) is 1. The summed E-state index contributed by atoms with van der Waals surface area (Å²) in [4.78, 5) is 4.38. The van der Waals surface area contributed by atoms with Gasteiger partial charge in [0, 0.05) is 23.1 Å². The van der Waals surface area contributed by atoms with E-state index < -0.39 is 0 Å². The fourth-order valence-electron chi connectivity index (χ4n) is 1.89. The molecule has 0 spiro atoms. The molecule has 1 N–H and O–H groups in total. The Balaban J connectivity index is 1.94. The van der Waals surface area contributed by atoms with Gasteiger partial charge in [-0.1, -0.05) is 0 Å². The van der Waals surface area contributed by atoms with E-state index in [0.29, 0.717) is 5.41 Å². The second-order valence-electron chi connectivity index (χ2n) is 4.61. The quantitative estimate of drug-likeness (QED) is 0.833. The van der Waals surface area contributed by atoms with Gasteiger partial charge in [-0.25, -0.2) is 4.98 Å². The third-order valence-electron chi connectivity index (χ3n) is 3.26. The maximum absolute atomic E-state index is 5.81. The number of nitrogens with zero attached hydrogens (tertiary/aromatic N) is 1. The summed E-state index contributed by atoms with van der Waals surface area (Å²) in [6.07, 6.45) is 5.53. The van der Waals surface area contributed by atoms with E-state index in [1.807, 2.05) is 6.20 Å². The molecule has 1 saturated carbocycles. The topological polar surface area (TPSA) is 24.9 Å². The van der Waals surface area contributed by atoms with Crippen LogP contribution in [0, 0.1) is 12.3 Å². The van der Waals surface area contributed by atoms with Gasteiger partial charge in [-0.05, 0) is 59.2 Å². The Morgan fingerprint density at radius 1 is 1.56 bits per heavy atom. The maximum atomic E-state index is 5.81. The van der Waals surface area contributed by atoms with Crippen LogP contribution in [0.4, 0.5) is 5.82 Å². The summed E-state index contributed by atoms with van der Waals surface area (Å²) in [7, 11) is 0. The lowest BCUT2D eigenvalue weighted by Gasteiger charge is -2.16. The Morgan fingerprint density at radius 3 is 2.88 bits per heavy atom. The average Bonchev–Trinajstić information content (AvgIpc) is 2.98. The van der Waals surface area contributed by atoms with E-state index in [2.05, 4.69) is 39.2 Å². The highest BCUT2D eigenvalue weighted by atomic mass is 79.9. The summed E-state index contributed by atoms with van der Waals surface area (Å²) in [6, 6.07) is 2.08. The molecule has 1 heterocycles. The Kier molecular flexibility index (Phi) is 3.75. The van der Waals surface area contributed by atoms with Crippen LogP contribution in [-0.2, 0) is 0 Å². The van der Waals surface area contributed by atoms with Crippen LogP contribution in [-0.4, -0.2) is 17.4 Å². The standard InChI is InChI=1S/C12H16BrClN2/c1-9-6-10(13)7-15-11(9)16-8-12(2-3-12)4-5-14/h6-7H,2-5,8H2,1H3,(H,15,16). The lowest BCUT2D eigenvalue weighted by atomic mass is 10.0. The molecule has 2 rings (SSSR count). The molecule has 0 aliphatic heterocycles. The SMILES string of the molecule is Cc1cc(Br)cnc1NCC1(CCCl)CC1. The van der Waals surface area contributed by atoms with Gasteiger partial charge in [0.2, 0.25) is 0 Å². The number of hydrogen-bond donors (Lipinski definition) is 1. The number of halogens is 2. The minimum atomic E-state index is 0.447. The number of alkyl halides is 1. The van der Waals surface area contributed by atoms with Gasteiger partial charge in [0.1, 0.15) is 5.82 Å². The van der Waals surface area contributed by atoms with Crippen LogP contribution in [0.1, 0.15) is 24.8 Å². The smallest absolute Gasteiger partial charge is 0.128 e. The molecule has 1 aliphatic carbocycles. The number of pyridine rings is 1. The molecule has 4 heteroatoms. The van der Waals surface area contributed by atoms with Crippen molar-refractivity contribution in [2.45, 2.75) is 26.2 Å². The van der Waals surface area contributed by atoms with Gasteiger partial charge < -0.3 is 5.32 Å². The zero-order valence-corrected chi connectivity index (χ0v) is 11.7. The van der Waals surface area contributed by atoms with Crippen LogP contribution < -0.4 is 5.32 Å². The summed E-state index contributed by atoms with van der Waals surface area (Å²) in [5.41, 5.74) is 1.62. The van der Waals surface area contributed by atoms with Crippen LogP contribution in [0.25, 0.3) is 0 Å². The van der Waals surface area contributed by atoms with Gasteiger partial charge in [-0.2, -0.15) is 0 Å². The predicted octanol–water partition coefficient (Wildman–Crippen LogP) is 3.97. The highest BCUT2D eigenvalue weighted by Gasteiger charge is 2.41. The first-order chi connectivity index (χ1) is 7.65. The summed E-state index contributed by atoms with van der Waals surface area (Å²) in [6.45, 7) is 3.07. The number of aromatic nitrogens is 1. The average molecular weight is 304 g/mol. The van der Waals surface area contributed by atoms with Crippen molar-refractivity contribution in [3.8, 4) is 0 Å². The van der Waals surface area contributed by atoms with Crippen molar-refractivity contribution < 1.29 is 0 Å². The summed E-state index contributed by atoms with van der Waals surface area (Å²) >= 11 is 9.23. The van der Waals surface area contributed by atoms with Crippen molar-refractivity contribution in [2.24, 2.45) is 5.41 Å². The van der Waals surface area contributed by atoms with Crippen molar-refractivity contribution in [3.05, 3.63) is 22.3 Å². The van der Waals surface area contributed by atoms with Crippen molar-refractivity contribution >= 4 is 33.3 Å². The van der Waals surface area contributed by atoms with Crippen LogP contribution in [0.3, 0.4) is 0 Å². The molecule has 0 saturated heterocycles. The Morgan fingerprint density at radius 2 is 2.31 bits per heavy atom. The minimum absolute atomic E-state index is 0.447. The van der Waals surface area contributed by atoms with E-state index in [-0.39, 0.29) is 0 Å². The third kappa shape index (κ3) is 2.89. The zero-order chi connectivity index (χ0) is 11.6. The highest BCUT2D eigenvalue weighted by Crippen LogP contribution is 2.48. The molecule has 16 heavy (non-hydrogen) atoms. The van der Waals surface area contributed by atoms with E-state index in [1.54, 1.807) is 0 Å². The number of aryl methyl sites for hydroxylation is 1. The van der Waals surface area contributed by atoms with Crippen LogP contribution >= 0.6 is 27.5 Å². The van der Waals surface area contributed by atoms with E-state index in [4.69, 9.17) is 11.6 Å². The molecular weight excluding hydrogens is 288 g/mol. The van der Waals surface area contributed by atoms with Crippen LogP contribution in [0.2, 0.25) is 0 Å². The number of hydrogen-bond acceptors (Lipinski definition) is 2. The first kappa shape index (κ1) is 12.2. The number of rotatable bonds is 5. The molecular formula is C12H16BrClN2. The summed E-state index contributed by atoms with van der Waals surface area (Å²) in [5, 5.41) is 3.44. The molecule has 0 bridgehead atoms. The van der Waals surface area contributed by atoms with Gasteiger partial charge in [0.25, 0.3) is 0 Å². The molecule has 1 aliphatic rings. The van der Waals surface area contributed by atoms with E-state index >= 15 is 0 Å². The number of anilines is 1. The highest BCUT2D eigenvalue weighted by molar-refractivity contribution is 9.10. The van der Waals surface area contributed by atoms with Gasteiger partial charge in [0.05, 0.1) is 0 Å². The van der Waals surface area contributed by atoms with Crippen molar-refractivity contribution in [3.63, 3.8) is 0 Å². The summed E-state index contributed by atoms with van der Waals surface area (Å²) in [5.74, 6) is 1.75. The van der Waals surface area contributed by atoms with E-state index in [9.17, 15) is 0 Å². The van der Waals surface area contributed by atoms with Crippen molar-refractivity contribution in [2.75, 3.05) is 17.7 Å². The van der Waals surface area contributed by atoms with Crippen LogP contribution in [0.15, 0.2) is 16.7 Å². The van der Waals surface area contributed by atoms with E-state index in [1.165, 1.54) is 18.4 Å². The Bertz CT molecular complexity index is 377. The largest absolute Gasteiger partial charge is 0.369 e. The molecule has 0 aromatic carbocycles. The molecule has 0 atom stereocenters. The van der Waals surface area contributed by atoms with E-state index in [0.717, 1.165) is 29.1 Å². The van der Waals surface area contributed by atoms with Gasteiger partial charge in [-0.3, -0.25) is 0 Å². The monoisotopic (exact) mass is 302 g/mol. The maximum Gasteiger partial charge on any atom is 0.128 e. The predicted molar refractivity (Wildman–Crippen MR) is 72.2 cm³/mol. The Hall–Kier alpha value is -0.280. The molecule has 88 valence electrons. The van der Waals surface area contributed by atoms with Crippen molar-refractivity contribution in [1.29, 1.82) is 0 Å². The second-order valence-corrected chi connectivity index (χ2v) is 5.91. The molecule has 1 aromatic rings. The van der Waals surface area contributed by atoms with Crippen LogP contribution in [0.5, 0.6) is 0 Å². The first-order valence-electron chi connectivity index (χ1n) is 5.57. The lowest BCUT2D eigenvalue weighted by Crippen LogP contribution is -2.17. The third-order valence-corrected chi connectivity index (χ3v) is 3.88. The Labute approximate surface area is 110 Å². The minimum Gasteiger partial charge on any atom is -0.369 e. The van der Waals surface area contributed by atoms with Gasteiger partial charge >= 0.3 is 0 Å².